The summed E-state index contributed by atoms with van der Waals surface area (Å²) in [6.07, 6.45) is 0.886. The number of hydrogen-bond donors (Lipinski definition) is 1. The first-order valence-electron chi connectivity index (χ1n) is 7.57. The van der Waals surface area contributed by atoms with Crippen LogP contribution in [0, 0.1) is 0 Å². The summed E-state index contributed by atoms with van der Waals surface area (Å²) < 4.78 is 0.283. The predicted octanol–water partition coefficient (Wildman–Crippen LogP) is 3.07. The first-order chi connectivity index (χ1) is 10.1. The standard InChI is InChI=1S/C17H23N3S/c1-17(2)12-20(9-10-21-17)16-14(7-8-18)11-13-5-3-4-6-15(13)19-16/h3-6,11H,7-10,12,18H2,1-2H3. The number of hydrogen-bond acceptors (Lipinski definition) is 4. The maximum absolute atomic E-state index is 5.81. The molecule has 4 heteroatoms. The summed E-state index contributed by atoms with van der Waals surface area (Å²) in [5, 5.41) is 1.20. The van der Waals surface area contributed by atoms with E-state index in [0.29, 0.717) is 6.54 Å². The summed E-state index contributed by atoms with van der Waals surface area (Å²) in [4.78, 5) is 7.38. The van der Waals surface area contributed by atoms with Gasteiger partial charge in [-0.25, -0.2) is 4.98 Å². The monoisotopic (exact) mass is 301 g/mol. The lowest BCUT2D eigenvalue weighted by atomic mass is 10.1. The summed E-state index contributed by atoms with van der Waals surface area (Å²) >= 11 is 2.05. The Morgan fingerprint density at radius 3 is 2.90 bits per heavy atom. The van der Waals surface area contributed by atoms with E-state index >= 15 is 0 Å². The van der Waals surface area contributed by atoms with Gasteiger partial charge in [0.1, 0.15) is 5.82 Å². The van der Waals surface area contributed by atoms with Crippen molar-refractivity contribution in [3.63, 3.8) is 0 Å². The second-order valence-corrected chi connectivity index (χ2v) is 8.03. The number of fused-ring (bicyclic) bond motifs is 1. The van der Waals surface area contributed by atoms with Crippen molar-refractivity contribution in [1.29, 1.82) is 0 Å². The van der Waals surface area contributed by atoms with Gasteiger partial charge in [-0.1, -0.05) is 18.2 Å². The minimum atomic E-state index is 0.283. The quantitative estimate of drug-likeness (QED) is 0.946. The van der Waals surface area contributed by atoms with Gasteiger partial charge >= 0.3 is 0 Å². The number of aromatic nitrogens is 1. The SMILES string of the molecule is CC1(C)CN(c2nc3ccccc3cc2CCN)CCS1. The van der Waals surface area contributed by atoms with Gasteiger partial charge in [0.2, 0.25) is 0 Å². The molecule has 0 amide bonds. The lowest BCUT2D eigenvalue weighted by Gasteiger charge is -2.39. The molecule has 0 unspecified atom stereocenters. The molecule has 2 aromatic rings. The van der Waals surface area contributed by atoms with Crippen LogP contribution in [-0.4, -0.2) is 35.1 Å². The summed E-state index contributed by atoms with van der Waals surface area (Å²) in [5.41, 5.74) is 8.16. The van der Waals surface area contributed by atoms with Gasteiger partial charge in [0, 0.05) is 29.0 Å². The van der Waals surface area contributed by atoms with E-state index in [-0.39, 0.29) is 4.75 Å². The molecule has 3 rings (SSSR count). The Morgan fingerprint density at radius 2 is 2.14 bits per heavy atom. The number of nitrogens with two attached hydrogens (primary N) is 1. The van der Waals surface area contributed by atoms with Crippen molar-refractivity contribution < 1.29 is 0 Å². The van der Waals surface area contributed by atoms with Gasteiger partial charge in [0.25, 0.3) is 0 Å². The van der Waals surface area contributed by atoms with Crippen LogP contribution in [0.3, 0.4) is 0 Å². The maximum atomic E-state index is 5.81. The van der Waals surface area contributed by atoms with E-state index in [1.807, 2.05) is 11.8 Å². The van der Waals surface area contributed by atoms with Crippen LogP contribution in [0.4, 0.5) is 5.82 Å². The Balaban J connectivity index is 2.04. The minimum absolute atomic E-state index is 0.283. The average Bonchev–Trinajstić information content (AvgIpc) is 2.46. The van der Waals surface area contributed by atoms with Crippen LogP contribution < -0.4 is 10.6 Å². The Hall–Kier alpha value is -1.26. The van der Waals surface area contributed by atoms with Crippen LogP contribution in [0.2, 0.25) is 0 Å². The average molecular weight is 301 g/mol. The lowest BCUT2D eigenvalue weighted by molar-refractivity contribution is 0.640. The number of pyridine rings is 1. The van der Waals surface area contributed by atoms with Crippen molar-refractivity contribution in [3.8, 4) is 0 Å². The third-order valence-corrected chi connectivity index (χ3v) is 5.22. The molecule has 0 saturated carbocycles. The number of nitrogens with zero attached hydrogens (tertiary/aromatic N) is 2. The summed E-state index contributed by atoms with van der Waals surface area (Å²) in [6, 6.07) is 10.6. The molecule has 2 heterocycles. The van der Waals surface area contributed by atoms with Crippen LogP contribution in [0.15, 0.2) is 30.3 Å². The molecular formula is C17H23N3S. The van der Waals surface area contributed by atoms with Gasteiger partial charge < -0.3 is 10.6 Å². The van der Waals surface area contributed by atoms with Gasteiger partial charge in [-0.3, -0.25) is 0 Å². The molecule has 0 aliphatic carbocycles. The molecule has 1 aliphatic heterocycles. The first-order valence-corrected chi connectivity index (χ1v) is 8.55. The largest absolute Gasteiger partial charge is 0.354 e. The Morgan fingerprint density at radius 1 is 1.33 bits per heavy atom. The number of para-hydroxylation sites is 1. The molecule has 112 valence electrons. The zero-order valence-corrected chi connectivity index (χ0v) is 13.6. The van der Waals surface area contributed by atoms with Crippen LogP contribution in [-0.2, 0) is 6.42 Å². The van der Waals surface area contributed by atoms with Crippen LogP contribution in [0.1, 0.15) is 19.4 Å². The van der Waals surface area contributed by atoms with E-state index in [9.17, 15) is 0 Å². The molecule has 0 atom stereocenters. The minimum Gasteiger partial charge on any atom is -0.354 e. The fourth-order valence-corrected chi connectivity index (χ4v) is 4.07. The number of benzene rings is 1. The molecule has 0 spiro atoms. The second-order valence-electron chi connectivity index (χ2n) is 6.23. The third kappa shape index (κ3) is 3.16. The van der Waals surface area contributed by atoms with Gasteiger partial charge in [0.05, 0.1) is 5.52 Å². The van der Waals surface area contributed by atoms with E-state index in [0.717, 1.165) is 36.6 Å². The van der Waals surface area contributed by atoms with Crippen molar-refractivity contribution in [3.05, 3.63) is 35.9 Å². The van der Waals surface area contributed by atoms with Gasteiger partial charge in [-0.05, 0) is 44.5 Å². The molecular weight excluding hydrogens is 278 g/mol. The van der Waals surface area contributed by atoms with Crippen LogP contribution in [0.25, 0.3) is 10.9 Å². The normalized spacial score (nSPS) is 18.1. The number of rotatable bonds is 3. The molecule has 0 radical (unpaired) electrons. The highest BCUT2D eigenvalue weighted by Gasteiger charge is 2.28. The summed E-state index contributed by atoms with van der Waals surface area (Å²) in [5.74, 6) is 2.29. The molecule has 1 saturated heterocycles. The fourth-order valence-electron chi connectivity index (χ4n) is 2.96. The smallest absolute Gasteiger partial charge is 0.132 e. The molecule has 0 bridgehead atoms. The maximum Gasteiger partial charge on any atom is 0.132 e. The van der Waals surface area contributed by atoms with E-state index in [1.54, 1.807) is 0 Å². The highest BCUT2D eigenvalue weighted by Crippen LogP contribution is 2.33. The number of anilines is 1. The Labute approximate surface area is 130 Å². The first kappa shape index (κ1) is 14.7. The summed E-state index contributed by atoms with van der Waals surface area (Å²) in [6.45, 7) is 7.40. The molecule has 1 fully saturated rings. The molecule has 1 aromatic carbocycles. The van der Waals surface area contributed by atoms with Gasteiger partial charge in [0.15, 0.2) is 0 Å². The third-order valence-electron chi connectivity index (χ3n) is 3.92. The highest BCUT2D eigenvalue weighted by molar-refractivity contribution is 8.00. The predicted molar refractivity (Wildman–Crippen MR) is 93.3 cm³/mol. The zero-order chi connectivity index (χ0) is 14.9. The van der Waals surface area contributed by atoms with E-state index < -0.39 is 0 Å². The van der Waals surface area contributed by atoms with Gasteiger partial charge in [-0.2, -0.15) is 11.8 Å². The second kappa shape index (κ2) is 5.85. The van der Waals surface area contributed by atoms with E-state index in [2.05, 4.69) is 49.1 Å². The fraction of sp³-hybridized carbons (Fsp3) is 0.471. The van der Waals surface area contributed by atoms with Crippen LogP contribution in [0.5, 0.6) is 0 Å². The van der Waals surface area contributed by atoms with Crippen molar-refractivity contribution in [2.24, 2.45) is 5.73 Å². The lowest BCUT2D eigenvalue weighted by Crippen LogP contribution is -2.44. The van der Waals surface area contributed by atoms with Crippen molar-refractivity contribution in [2.75, 3.05) is 30.3 Å². The Kier molecular flexibility index (Phi) is 4.09. The molecule has 2 N–H and O–H groups in total. The van der Waals surface area contributed by atoms with Crippen molar-refractivity contribution >= 4 is 28.5 Å². The van der Waals surface area contributed by atoms with Crippen molar-refractivity contribution in [2.45, 2.75) is 25.0 Å². The van der Waals surface area contributed by atoms with Gasteiger partial charge in [-0.15, -0.1) is 0 Å². The summed E-state index contributed by atoms with van der Waals surface area (Å²) in [7, 11) is 0. The molecule has 1 aromatic heterocycles. The molecule has 1 aliphatic rings. The highest BCUT2D eigenvalue weighted by atomic mass is 32.2. The molecule has 21 heavy (non-hydrogen) atoms. The number of thioether (sulfide) groups is 1. The van der Waals surface area contributed by atoms with E-state index in [4.69, 9.17) is 10.7 Å². The van der Waals surface area contributed by atoms with E-state index in [1.165, 1.54) is 10.9 Å². The van der Waals surface area contributed by atoms with Crippen molar-refractivity contribution in [1.82, 2.24) is 4.98 Å². The molecule has 3 nitrogen and oxygen atoms in total. The topological polar surface area (TPSA) is 42.2 Å². The zero-order valence-electron chi connectivity index (χ0n) is 12.8. The van der Waals surface area contributed by atoms with Crippen LogP contribution >= 0.6 is 11.8 Å². The Bertz CT molecular complexity index is 639.